The molecule has 1 aliphatic heterocycles. The molecule has 2 aromatic rings. The van der Waals surface area contributed by atoms with Crippen LogP contribution in [0.5, 0.6) is 0 Å². The number of nitrogens with zero attached hydrogens (tertiary/aromatic N) is 1. The molecule has 1 saturated heterocycles. The van der Waals surface area contributed by atoms with E-state index in [2.05, 4.69) is 29.6 Å². The monoisotopic (exact) mass is 482 g/mol. The fourth-order valence-electron chi connectivity index (χ4n) is 4.82. The number of hydrogen-bond acceptors (Lipinski definition) is 5. The molecule has 7 nitrogen and oxygen atoms in total. The molecule has 0 saturated carbocycles. The molecule has 8 heteroatoms. The van der Waals surface area contributed by atoms with Crippen molar-refractivity contribution in [2.24, 2.45) is 0 Å². The second kappa shape index (κ2) is 10.5. The van der Waals surface area contributed by atoms with Gasteiger partial charge < -0.3 is 20.1 Å². The van der Waals surface area contributed by atoms with Crippen molar-refractivity contribution in [2.45, 2.75) is 56.5 Å². The Morgan fingerprint density at radius 3 is 2.26 bits per heavy atom. The molecule has 34 heavy (non-hydrogen) atoms. The zero-order valence-electron chi connectivity index (χ0n) is 19.4. The number of nitrogens with one attached hydrogen (secondary N) is 1. The number of aliphatic carboxylic acids is 1. The Hall–Kier alpha value is -3.00. The normalized spacial score (nSPS) is 19.9. The minimum atomic E-state index is -0.991. The number of carboxylic acid groups (broad SMARTS) is 1. The van der Waals surface area contributed by atoms with Gasteiger partial charge in [0.2, 0.25) is 5.91 Å². The van der Waals surface area contributed by atoms with Gasteiger partial charge in [0.05, 0.1) is 5.37 Å². The fraction of sp³-hybridized carbons (Fsp3) is 0.423. The number of fused-ring (bicyclic) bond motifs is 3. The summed E-state index contributed by atoms with van der Waals surface area (Å²) in [7, 11) is 0. The molecule has 2 unspecified atom stereocenters. The fourth-order valence-corrected chi connectivity index (χ4v) is 6.19. The average Bonchev–Trinajstić information content (AvgIpc) is 3.42. The zero-order chi connectivity index (χ0) is 24.2. The molecule has 4 rings (SSSR count). The Morgan fingerprint density at radius 1 is 1.09 bits per heavy atom. The van der Waals surface area contributed by atoms with Gasteiger partial charge in [0, 0.05) is 24.1 Å². The highest BCUT2D eigenvalue weighted by molar-refractivity contribution is 8.00. The van der Waals surface area contributed by atoms with Crippen LogP contribution in [-0.2, 0) is 14.3 Å². The quantitative estimate of drug-likeness (QED) is 0.577. The van der Waals surface area contributed by atoms with Crippen molar-refractivity contribution in [3.05, 3.63) is 59.7 Å². The molecule has 0 spiro atoms. The second-order valence-electron chi connectivity index (χ2n) is 8.63. The highest BCUT2D eigenvalue weighted by atomic mass is 32.2. The first-order valence-corrected chi connectivity index (χ1v) is 12.8. The summed E-state index contributed by atoms with van der Waals surface area (Å²) < 4.78 is 5.61. The van der Waals surface area contributed by atoms with Gasteiger partial charge in [0.25, 0.3) is 0 Å². The number of ether oxygens (including phenoxy) is 1. The predicted molar refractivity (Wildman–Crippen MR) is 132 cm³/mol. The van der Waals surface area contributed by atoms with E-state index in [1.54, 1.807) is 0 Å². The van der Waals surface area contributed by atoms with Crippen LogP contribution >= 0.6 is 11.8 Å². The lowest BCUT2D eigenvalue weighted by Gasteiger charge is -2.28. The third kappa shape index (κ3) is 4.78. The number of carbonyl (C=O) groups excluding carboxylic acids is 2. The van der Waals surface area contributed by atoms with Crippen molar-refractivity contribution in [2.75, 3.05) is 12.4 Å². The van der Waals surface area contributed by atoms with Crippen LogP contribution in [0.1, 0.15) is 50.2 Å². The Labute approximate surface area is 203 Å². The summed E-state index contributed by atoms with van der Waals surface area (Å²) in [6.07, 6.45) is 0.683. The van der Waals surface area contributed by atoms with Crippen LogP contribution in [0.25, 0.3) is 11.1 Å². The van der Waals surface area contributed by atoms with Gasteiger partial charge >= 0.3 is 12.1 Å². The molecule has 0 aromatic heterocycles. The number of rotatable bonds is 8. The standard InChI is InChI=1S/C26H30N2O5S/c1-3-16(13-23(29)28-22(25(30)31)15-34-24(28)4-2)27-26(32)33-14-21-19-11-7-5-9-17(19)18-10-6-8-12-20(18)21/h5-12,16,21-22,24H,3-4,13-15H2,1-2H3,(H,27,32)(H,30,31)/t16-,22?,24?/m0/s1. The van der Waals surface area contributed by atoms with Crippen LogP contribution in [0, 0.1) is 0 Å². The maximum absolute atomic E-state index is 13.0. The van der Waals surface area contributed by atoms with Crippen LogP contribution in [0.15, 0.2) is 48.5 Å². The van der Waals surface area contributed by atoms with Crippen molar-refractivity contribution in [3.63, 3.8) is 0 Å². The first-order chi connectivity index (χ1) is 16.4. The first kappa shape index (κ1) is 24.1. The van der Waals surface area contributed by atoms with E-state index in [0.29, 0.717) is 18.6 Å². The summed E-state index contributed by atoms with van der Waals surface area (Å²) in [5.41, 5.74) is 4.59. The van der Waals surface area contributed by atoms with Crippen molar-refractivity contribution >= 4 is 29.7 Å². The highest BCUT2D eigenvalue weighted by Crippen LogP contribution is 2.44. The van der Waals surface area contributed by atoms with E-state index in [-0.39, 0.29) is 30.2 Å². The minimum absolute atomic E-state index is 0.0388. The van der Waals surface area contributed by atoms with Crippen molar-refractivity contribution in [1.29, 1.82) is 0 Å². The zero-order valence-corrected chi connectivity index (χ0v) is 20.2. The summed E-state index contributed by atoms with van der Waals surface area (Å²) in [6, 6.07) is 15.0. The molecule has 2 amide bonds. The molecule has 3 atom stereocenters. The number of hydrogen-bond donors (Lipinski definition) is 2. The van der Waals surface area contributed by atoms with E-state index >= 15 is 0 Å². The average molecular weight is 483 g/mol. The largest absolute Gasteiger partial charge is 0.480 e. The van der Waals surface area contributed by atoms with E-state index in [1.165, 1.54) is 16.7 Å². The number of benzene rings is 2. The van der Waals surface area contributed by atoms with E-state index in [0.717, 1.165) is 22.3 Å². The Balaban J connectivity index is 1.37. The van der Waals surface area contributed by atoms with Gasteiger partial charge in [-0.25, -0.2) is 9.59 Å². The van der Waals surface area contributed by atoms with E-state index < -0.39 is 24.1 Å². The van der Waals surface area contributed by atoms with Crippen LogP contribution in [-0.4, -0.2) is 57.8 Å². The molecule has 0 radical (unpaired) electrons. The number of carbonyl (C=O) groups is 3. The predicted octanol–water partition coefficient (Wildman–Crippen LogP) is 4.46. The maximum atomic E-state index is 13.0. The molecule has 2 N–H and O–H groups in total. The van der Waals surface area contributed by atoms with E-state index in [4.69, 9.17) is 4.74 Å². The molecule has 1 fully saturated rings. The van der Waals surface area contributed by atoms with Crippen molar-refractivity contribution in [3.8, 4) is 11.1 Å². The molecule has 2 aromatic carbocycles. The molecular weight excluding hydrogens is 452 g/mol. The number of alkyl carbamates (subject to hydrolysis) is 1. The Bertz CT molecular complexity index is 1030. The summed E-state index contributed by atoms with van der Waals surface area (Å²) in [6.45, 7) is 4.02. The molecule has 2 aliphatic rings. The molecular formula is C26H30N2O5S. The minimum Gasteiger partial charge on any atom is -0.480 e. The van der Waals surface area contributed by atoms with Crippen LogP contribution < -0.4 is 5.32 Å². The van der Waals surface area contributed by atoms with E-state index in [1.807, 2.05) is 38.1 Å². The summed E-state index contributed by atoms with van der Waals surface area (Å²) in [5.74, 6) is -0.900. The third-order valence-electron chi connectivity index (χ3n) is 6.59. The highest BCUT2D eigenvalue weighted by Gasteiger charge is 2.41. The lowest BCUT2D eigenvalue weighted by Crippen LogP contribution is -2.48. The summed E-state index contributed by atoms with van der Waals surface area (Å²) >= 11 is 1.49. The van der Waals surface area contributed by atoms with Crippen LogP contribution in [0.3, 0.4) is 0 Å². The first-order valence-electron chi connectivity index (χ1n) is 11.7. The third-order valence-corrected chi connectivity index (χ3v) is 8.05. The maximum Gasteiger partial charge on any atom is 0.407 e. The molecule has 1 heterocycles. The lowest BCUT2D eigenvalue weighted by molar-refractivity contribution is -0.149. The van der Waals surface area contributed by atoms with Gasteiger partial charge in [0.15, 0.2) is 0 Å². The Kier molecular flexibility index (Phi) is 7.46. The number of amides is 2. The van der Waals surface area contributed by atoms with Crippen molar-refractivity contribution < 1.29 is 24.2 Å². The number of thioether (sulfide) groups is 1. The topological polar surface area (TPSA) is 95.9 Å². The van der Waals surface area contributed by atoms with Gasteiger partial charge in [0.1, 0.15) is 12.6 Å². The SMILES string of the molecule is CCC1SCC(C(=O)O)N1C(=O)C[C@H](CC)NC(=O)OCC1c2ccccc2-c2ccccc21. The molecule has 0 bridgehead atoms. The van der Waals surface area contributed by atoms with Crippen molar-refractivity contribution in [1.82, 2.24) is 10.2 Å². The van der Waals surface area contributed by atoms with E-state index in [9.17, 15) is 19.5 Å². The van der Waals surface area contributed by atoms with Gasteiger partial charge in [-0.1, -0.05) is 62.4 Å². The number of carboxylic acids is 1. The van der Waals surface area contributed by atoms with Gasteiger partial charge in [-0.2, -0.15) is 0 Å². The second-order valence-corrected chi connectivity index (χ2v) is 9.84. The van der Waals surface area contributed by atoms with Crippen LogP contribution in [0.4, 0.5) is 4.79 Å². The van der Waals surface area contributed by atoms with Gasteiger partial charge in [-0.15, -0.1) is 11.8 Å². The smallest absolute Gasteiger partial charge is 0.407 e. The molecule has 180 valence electrons. The Morgan fingerprint density at radius 2 is 1.71 bits per heavy atom. The lowest BCUT2D eigenvalue weighted by atomic mass is 9.98. The summed E-state index contributed by atoms with van der Waals surface area (Å²) in [5, 5.41) is 12.2. The van der Waals surface area contributed by atoms with Gasteiger partial charge in [-0.05, 0) is 35.1 Å². The van der Waals surface area contributed by atoms with Gasteiger partial charge in [-0.3, -0.25) is 4.79 Å². The molecule has 1 aliphatic carbocycles. The summed E-state index contributed by atoms with van der Waals surface area (Å²) in [4.78, 5) is 38.7. The van der Waals surface area contributed by atoms with Crippen LogP contribution in [0.2, 0.25) is 0 Å².